The van der Waals surface area contributed by atoms with Crippen LogP contribution in [0.15, 0.2) is 12.2 Å². The van der Waals surface area contributed by atoms with Gasteiger partial charge in [0.25, 0.3) is 0 Å². The van der Waals surface area contributed by atoms with Crippen molar-refractivity contribution in [1.29, 1.82) is 0 Å². The fourth-order valence-corrected chi connectivity index (χ4v) is 0.239. The van der Waals surface area contributed by atoms with E-state index in [2.05, 4.69) is 0 Å². The lowest BCUT2D eigenvalue weighted by Crippen LogP contribution is -1.94. The van der Waals surface area contributed by atoms with Gasteiger partial charge in [-0.3, -0.25) is 0 Å². The zero-order valence-electron chi connectivity index (χ0n) is 6.43. The summed E-state index contributed by atoms with van der Waals surface area (Å²) in [5, 5.41) is 15.6. The molecule has 5 nitrogen and oxygen atoms in total. The molecule has 1 fully saturated rings. The first kappa shape index (κ1) is 10.6. The van der Waals surface area contributed by atoms with Gasteiger partial charge in [0.2, 0.25) is 0 Å². The molecule has 0 spiro atoms. The number of hydrogen-bond acceptors (Lipinski definition) is 3. The van der Waals surface area contributed by atoms with Gasteiger partial charge in [0.05, 0.1) is 0 Å². The lowest BCUT2D eigenvalue weighted by Gasteiger charge is -1.74. The van der Waals surface area contributed by atoms with Crippen molar-refractivity contribution in [3.8, 4) is 0 Å². The minimum atomic E-state index is -1.26. The van der Waals surface area contributed by atoms with Crippen LogP contribution in [-0.2, 0) is 9.59 Å². The number of nitrogens with two attached hydrogens (primary N) is 1. The summed E-state index contributed by atoms with van der Waals surface area (Å²) in [5.41, 5.74) is 5.22. The molecule has 0 aromatic rings. The fraction of sp³-hybridized carbons (Fsp3) is 0.429. The molecular weight excluding hydrogens is 162 g/mol. The van der Waals surface area contributed by atoms with Crippen molar-refractivity contribution in [3.05, 3.63) is 12.2 Å². The van der Waals surface area contributed by atoms with Gasteiger partial charge in [-0.25, -0.2) is 9.59 Å². The van der Waals surface area contributed by atoms with Crippen LogP contribution in [0.25, 0.3) is 0 Å². The van der Waals surface area contributed by atoms with Gasteiger partial charge in [-0.15, -0.1) is 0 Å². The van der Waals surface area contributed by atoms with Crippen LogP contribution in [0.4, 0.5) is 0 Å². The highest BCUT2D eigenvalue weighted by molar-refractivity contribution is 5.89. The minimum absolute atomic E-state index is 0.558. The quantitative estimate of drug-likeness (QED) is 0.503. The Morgan fingerprint density at radius 1 is 1.17 bits per heavy atom. The van der Waals surface area contributed by atoms with Crippen LogP contribution in [-0.4, -0.2) is 28.2 Å². The largest absolute Gasteiger partial charge is 0.478 e. The Labute approximate surface area is 69.5 Å². The summed E-state index contributed by atoms with van der Waals surface area (Å²) in [6.07, 6.45) is 3.64. The van der Waals surface area contributed by atoms with Crippen molar-refractivity contribution in [2.75, 3.05) is 0 Å². The summed E-state index contributed by atoms with van der Waals surface area (Å²) in [4.78, 5) is 19.1. The van der Waals surface area contributed by atoms with Crippen LogP contribution < -0.4 is 5.73 Å². The molecule has 0 aromatic carbocycles. The van der Waals surface area contributed by atoms with Crippen molar-refractivity contribution in [1.82, 2.24) is 0 Å². The van der Waals surface area contributed by atoms with Crippen LogP contribution in [0.5, 0.6) is 0 Å². The molecule has 1 saturated carbocycles. The van der Waals surface area contributed by atoms with Crippen molar-refractivity contribution in [3.63, 3.8) is 0 Å². The van der Waals surface area contributed by atoms with Crippen LogP contribution in [0.2, 0.25) is 0 Å². The average molecular weight is 173 g/mol. The lowest BCUT2D eigenvalue weighted by atomic mass is 10.5. The summed E-state index contributed by atoms with van der Waals surface area (Å²) < 4.78 is 0. The zero-order valence-corrected chi connectivity index (χ0v) is 6.43. The standard InChI is InChI=1S/C4H4O4.C3H7N/c5-3(6)1-2-4(7)8;4-3-1-2-3/h1-2H,(H,5,6)(H,7,8);3H,1-2,4H2/b2-1-;. The van der Waals surface area contributed by atoms with Gasteiger partial charge >= 0.3 is 11.9 Å². The van der Waals surface area contributed by atoms with E-state index in [0.717, 1.165) is 0 Å². The zero-order chi connectivity index (χ0) is 9.56. The van der Waals surface area contributed by atoms with Gasteiger partial charge in [-0.2, -0.15) is 0 Å². The number of carboxylic acid groups (broad SMARTS) is 2. The van der Waals surface area contributed by atoms with Crippen molar-refractivity contribution in [2.45, 2.75) is 18.9 Å². The van der Waals surface area contributed by atoms with Crippen LogP contribution in [0, 0.1) is 0 Å². The Kier molecular flexibility index (Phi) is 4.71. The molecule has 0 unspecified atom stereocenters. The lowest BCUT2D eigenvalue weighted by molar-refractivity contribution is -0.134. The van der Waals surface area contributed by atoms with Gasteiger partial charge < -0.3 is 15.9 Å². The smallest absolute Gasteiger partial charge is 0.328 e. The van der Waals surface area contributed by atoms with Crippen LogP contribution in [0.3, 0.4) is 0 Å². The summed E-state index contributed by atoms with van der Waals surface area (Å²) in [6, 6.07) is 0.583. The molecule has 0 aromatic heterocycles. The van der Waals surface area contributed by atoms with Crippen molar-refractivity contribution >= 4 is 11.9 Å². The molecule has 0 amide bonds. The summed E-state index contributed by atoms with van der Waals surface area (Å²) >= 11 is 0. The van der Waals surface area contributed by atoms with E-state index in [-0.39, 0.29) is 0 Å². The molecule has 5 heteroatoms. The van der Waals surface area contributed by atoms with Gasteiger partial charge in [-0.05, 0) is 12.8 Å². The second-order valence-corrected chi connectivity index (χ2v) is 2.35. The molecule has 0 atom stereocenters. The molecule has 4 N–H and O–H groups in total. The molecular formula is C7H11NO4. The molecule has 0 aliphatic heterocycles. The molecule has 0 radical (unpaired) electrons. The summed E-state index contributed by atoms with van der Waals surface area (Å²) in [6.45, 7) is 0. The van der Waals surface area contributed by atoms with E-state index in [1.165, 1.54) is 12.8 Å². The monoisotopic (exact) mass is 173 g/mol. The molecule has 1 aliphatic carbocycles. The molecule has 68 valence electrons. The first-order valence-electron chi connectivity index (χ1n) is 3.42. The van der Waals surface area contributed by atoms with E-state index in [1.807, 2.05) is 0 Å². The van der Waals surface area contributed by atoms with E-state index in [1.54, 1.807) is 0 Å². The molecule has 1 rings (SSSR count). The molecule has 1 aliphatic rings. The maximum absolute atomic E-state index is 9.55. The Bertz CT molecular complexity index is 180. The van der Waals surface area contributed by atoms with Crippen LogP contribution in [0.1, 0.15) is 12.8 Å². The number of carboxylic acids is 2. The molecule has 0 saturated heterocycles. The topological polar surface area (TPSA) is 101 Å². The number of rotatable bonds is 2. The van der Waals surface area contributed by atoms with Crippen molar-refractivity contribution in [2.24, 2.45) is 5.73 Å². The van der Waals surface area contributed by atoms with E-state index >= 15 is 0 Å². The van der Waals surface area contributed by atoms with E-state index < -0.39 is 11.9 Å². The normalized spacial score (nSPS) is 15.1. The van der Waals surface area contributed by atoms with Gasteiger partial charge in [0.15, 0.2) is 0 Å². The fourth-order valence-electron chi connectivity index (χ4n) is 0.239. The van der Waals surface area contributed by atoms with Gasteiger partial charge in [0, 0.05) is 18.2 Å². The second kappa shape index (κ2) is 5.31. The first-order valence-corrected chi connectivity index (χ1v) is 3.42. The highest BCUT2D eigenvalue weighted by Crippen LogP contribution is 2.13. The van der Waals surface area contributed by atoms with Gasteiger partial charge in [0.1, 0.15) is 0 Å². The molecule has 0 bridgehead atoms. The van der Waals surface area contributed by atoms with E-state index in [9.17, 15) is 9.59 Å². The Morgan fingerprint density at radius 3 is 1.50 bits per heavy atom. The third-order valence-electron chi connectivity index (χ3n) is 0.990. The number of hydrogen-bond donors (Lipinski definition) is 3. The average Bonchev–Trinajstić information content (AvgIpc) is 2.69. The third-order valence-corrected chi connectivity index (χ3v) is 0.990. The predicted octanol–water partition coefficient (Wildman–Crippen LogP) is -0.181. The summed E-state index contributed by atoms with van der Waals surface area (Å²) in [7, 11) is 0. The molecule has 0 heterocycles. The maximum Gasteiger partial charge on any atom is 0.328 e. The second-order valence-electron chi connectivity index (χ2n) is 2.35. The van der Waals surface area contributed by atoms with Crippen molar-refractivity contribution < 1.29 is 19.8 Å². The Morgan fingerprint density at radius 2 is 1.42 bits per heavy atom. The minimum Gasteiger partial charge on any atom is -0.478 e. The highest BCUT2D eigenvalue weighted by atomic mass is 16.4. The number of carbonyl (C=O) groups is 2. The molecule has 12 heavy (non-hydrogen) atoms. The van der Waals surface area contributed by atoms with E-state index in [4.69, 9.17) is 15.9 Å². The predicted molar refractivity (Wildman–Crippen MR) is 41.6 cm³/mol. The summed E-state index contributed by atoms with van der Waals surface area (Å²) in [5.74, 6) is -2.51. The number of aliphatic carboxylic acids is 2. The Hall–Kier alpha value is -1.36. The van der Waals surface area contributed by atoms with Gasteiger partial charge in [-0.1, -0.05) is 0 Å². The highest BCUT2D eigenvalue weighted by Gasteiger charge is 2.13. The SMILES string of the molecule is NC1CC1.O=C(O)/C=C\C(=O)O. The van der Waals surface area contributed by atoms with Crippen LogP contribution >= 0.6 is 0 Å². The Balaban J connectivity index is 0.000000247. The third kappa shape index (κ3) is 11.4. The van der Waals surface area contributed by atoms with E-state index in [0.29, 0.717) is 18.2 Å². The first-order chi connectivity index (χ1) is 5.52. The maximum atomic E-state index is 9.55.